The van der Waals surface area contributed by atoms with Gasteiger partial charge in [0, 0.05) is 30.1 Å². The number of hydrogen-bond acceptors (Lipinski definition) is 3. The maximum absolute atomic E-state index is 12.6. The lowest BCUT2D eigenvalue weighted by Crippen LogP contribution is -2.27. The van der Waals surface area contributed by atoms with Crippen molar-refractivity contribution in [2.45, 2.75) is 13.8 Å². The fourth-order valence-corrected chi connectivity index (χ4v) is 2.24. The van der Waals surface area contributed by atoms with Crippen molar-refractivity contribution in [3.63, 3.8) is 0 Å². The van der Waals surface area contributed by atoms with Gasteiger partial charge in [-0.2, -0.15) is 0 Å². The first-order chi connectivity index (χ1) is 10.0. The Morgan fingerprint density at radius 1 is 1.24 bits per heavy atom. The molecule has 0 aliphatic carbocycles. The molecule has 4 nitrogen and oxygen atoms in total. The second-order valence-corrected chi connectivity index (χ2v) is 4.87. The van der Waals surface area contributed by atoms with Gasteiger partial charge in [-0.05, 0) is 37.6 Å². The summed E-state index contributed by atoms with van der Waals surface area (Å²) in [6.07, 6.45) is 0. The molecular weight excluding hydrogens is 264 g/mol. The molecule has 0 heterocycles. The van der Waals surface area contributed by atoms with Crippen LogP contribution in [0.1, 0.15) is 22.8 Å². The average molecular weight is 284 g/mol. The van der Waals surface area contributed by atoms with Gasteiger partial charge >= 0.3 is 0 Å². The summed E-state index contributed by atoms with van der Waals surface area (Å²) < 4.78 is 5.44. The van der Waals surface area contributed by atoms with Crippen molar-refractivity contribution < 1.29 is 9.53 Å². The SMILES string of the molecule is CCOc1cc(N)cc(C(=O)N(C)c2ccccc2C)c1. The van der Waals surface area contributed by atoms with Crippen molar-refractivity contribution in [3.8, 4) is 5.75 Å². The summed E-state index contributed by atoms with van der Waals surface area (Å²) in [6.45, 7) is 4.40. The minimum absolute atomic E-state index is 0.113. The van der Waals surface area contributed by atoms with Crippen LogP contribution in [-0.4, -0.2) is 19.6 Å². The highest BCUT2D eigenvalue weighted by molar-refractivity contribution is 6.06. The van der Waals surface area contributed by atoms with Crippen molar-refractivity contribution >= 4 is 17.3 Å². The molecule has 0 aliphatic rings. The molecule has 0 spiro atoms. The Bertz CT molecular complexity index is 653. The van der Waals surface area contributed by atoms with Crippen LogP contribution in [0, 0.1) is 6.92 Å². The fourth-order valence-electron chi connectivity index (χ4n) is 2.24. The Hall–Kier alpha value is -2.49. The molecule has 2 aromatic carbocycles. The van der Waals surface area contributed by atoms with Gasteiger partial charge in [0.05, 0.1) is 6.61 Å². The molecule has 0 saturated carbocycles. The van der Waals surface area contributed by atoms with Crippen LogP contribution < -0.4 is 15.4 Å². The Kier molecular flexibility index (Phi) is 4.48. The molecule has 2 rings (SSSR count). The summed E-state index contributed by atoms with van der Waals surface area (Å²) in [4.78, 5) is 14.2. The number of anilines is 2. The molecule has 0 saturated heterocycles. The van der Waals surface area contributed by atoms with Gasteiger partial charge in [-0.25, -0.2) is 0 Å². The second kappa shape index (κ2) is 6.31. The molecule has 0 bridgehead atoms. The largest absolute Gasteiger partial charge is 0.494 e. The first-order valence-electron chi connectivity index (χ1n) is 6.90. The van der Waals surface area contributed by atoms with E-state index in [9.17, 15) is 4.79 Å². The second-order valence-electron chi connectivity index (χ2n) is 4.87. The van der Waals surface area contributed by atoms with E-state index in [-0.39, 0.29) is 5.91 Å². The molecule has 0 fully saturated rings. The lowest BCUT2D eigenvalue weighted by atomic mass is 10.1. The third-order valence-corrected chi connectivity index (χ3v) is 3.27. The maximum Gasteiger partial charge on any atom is 0.258 e. The number of amides is 1. The normalized spacial score (nSPS) is 10.2. The lowest BCUT2D eigenvalue weighted by Gasteiger charge is -2.20. The number of nitrogens with zero attached hydrogens (tertiary/aromatic N) is 1. The van der Waals surface area contributed by atoms with Crippen molar-refractivity contribution in [1.29, 1.82) is 0 Å². The van der Waals surface area contributed by atoms with Crippen LogP contribution in [0.15, 0.2) is 42.5 Å². The van der Waals surface area contributed by atoms with Gasteiger partial charge in [0.15, 0.2) is 0 Å². The molecule has 0 radical (unpaired) electrons. The third-order valence-electron chi connectivity index (χ3n) is 3.27. The quantitative estimate of drug-likeness (QED) is 0.877. The van der Waals surface area contributed by atoms with Crippen LogP contribution in [0.3, 0.4) is 0 Å². The summed E-state index contributed by atoms with van der Waals surface area (Å²) in [6, 6.07) is 12.9. The molecule has 110 valence electrons. The summed E-state index contributed by atoms with van der Waals surface area (Å²) in [7, 11) is 1.76. The van der Waals surface area contributed by atoms with Gasteiger partial charge in [0.1, 0.15) is 5.75 Å². The van der Waals surface area contributed by atoms with Crippen molar-refractivity contribution in [1.82, 2.24) is 0 Å². The van der Waals surface area contributed by atoms with E-state index < -0.39 is 0 Å². The maximum atomic E-state index is 12.6. The van der Waals surface area contributed by atoms with Crippen LogP contribution >= 0.6 is 0 Å². The first kappa shape index (κ1) is 14.9. The highest BCUT2D eigenvalue weighted by atomic mass is 16.5. The third kappa shape index (κ3) is 3.34. The standard InChI is InChI=1S/C17H20N2O2/c1-4-21-15-10-13(9-14(18)11-15)17(20)19(3)16-8-6-5-7-12(16)2/h5-11H,4,18H2,1-3H3. The van der Waals surface area contributed by atoms with Crippen molar-refractivity contribution in [2.75, 3.05) is 24.3 Å². The highest BCUT2D eigenvalue weighted by Gasteiger charge is 2.16. The molecule has 1 amide bonds. The van der Waals surface area contributed by atoms with Crippen LogP contribution in [0.2, 0.25) is 0 Å². The Morgan fingerprint density at radius 3 is 2.62 bits per heavy atom. The molecule has 0 atom stereocenters. The topological polar surface area (TPSA) is 55.6 Å². The minimum Gasteiger partial charge on any atom is -0.494 e. The zero-order valence-corrected chi connectivity index (χ0v) is 12.6. The van der Waals surface area contributed by atoms with E-state index >= 15 is 0 Å². The van der Waals surface area contributed by atoms with Gasteiger partial charge in [0.25, 0.3) is 5.91 Å². The number of nitrogens with two attached hydrogens (primary N) is 1. The average Bonchev–Trinajstić information content (AvgIpc) is 2.46. The van der Waals surface area contributed by atoms with Gasteiger partial charge in [-0.3, -0.25) is 4.79 Å². The smallest absolute Gasteiger partial charge is 0.258 e. The fraction of sp³-hybridized carbons (Fsp3) is 0.235. The molecule has 4 heteroatoms. The summed E-state index contributed by atoms with van der Waals surface area (Å²) in [5.41, 5.74) is 8.80. The van der Waals surface area contributed by atoms with E-state index in [1.807, 2.05) is 38.1 Å². The number of aryl methyl sites for hydroxylation is 1. The number of nitrogen functional groups attached to an aromatic ring is 1. The summed E-state index contributed by atoms with van der Waals surface area (Å²) in [5.74, 6) is 0.497. The molecule has 0 aliphatic heterocycles. The molecule has 21 heavy (non-hydrogen) atoms. The molecule has 0 aromatic heterocycles. The number of carbonyl (C=O) groups is 1. The first-order valence-corrected chi connectivity index (χ1v) is 6.90. The van der Waals surface area contributed by atoms with Crippen LogP contribution in [-0.2, 0) is 0 Å². The zero-order chi connectivity index (χ0) is 15.4. The predicted molar refractivity (Wildman–Crippen MR) is 85.9 cm³/mol. The van der Waals surface area contributed by atoms with E-state index in [1.165, 1.54) is 0 Å². The number of rotatable bonds is 4. The van der Waals surface area contributed by atoms with Gasteiger partial charge in [0.2, 0.25) is 0 Å². The molecule has 2 aromatic rings. The zero-order valence-electron chi connectivity index (χ0n) is 12.6. The number of ether oxygens (including phenoxy) is 1. The molecule has 0 unspecified atom stereocenters. The summed E-state index contributed by atoms with van der Waals surface area (Å²) >= 11 is 0. The van der Waals surface area contributed by atoms with E-state index in [1.54, 1.807) is 30.1 Å². The van der Waals surface area contributed by atoms with Gasteiger partial charge in [-0.1, -0.05) is 18.2 Å². The number of benzene rings is 2. The highest BCUT2D eigenvalue weighted by Crippen LogP contribution is 2.23. The van der Waals surface area contributed by atoms with E-state index in [4.69, 9.17) is 10.5 Å². The molecule has 2 N–H and O–H groups in total. The Morgan fingerprint density at radius 2 is 1.95 bits per heavy atom. The minimum atomic E-state index is -0.113. The number of para-hydroxylation sites is 1. The van der Waals surface area contributed by atoms with E-state index in [0.717, 1.165) is 11.3 Å². The van der Waals surface area contributed by atoms with E-state index in [2.05, 4.69) is 0 Å². The number of hydrogen-bond donors (Lipinski definition) is 1. The monoisotopic (exact) mass is 284 g/mol. The van der Waals surface area contributed by atoms with Crippen LogP contribution in [0.4, 0.5) is 11.4 Å². The summed E-state index contributed by atoms with van der Waals surface area (Å²) in [5, 5.41) is 0. The molecular formula is C17H20N2O2. The predicted octanol–water partition coefficient (Wildman–Crippen LogP) is 3.25. The van der Waals surface area contributed by atoms with Crippen molar-refractivity contribution in [3.05, 3.63) is 53.6 Å². The van der Waals surface area contributed by atoms with Crippen LogP contribution in [0.25, 0.3) is 0 Å². The van der Waals surface area contributed by atoms with Gasteiger partial charge in [-0.15, -0.1) is 0 Å². The Labute approximate surface area is 125 Å². The van der Waals surface area contributed by atoms with Gasteiger partial charge < -0.3 is 15.4 Å². The lowest BCUT2D eigenvalue weighted by molar-refractivity contribution is 0.0992. The Balaban J connectivity index is 2.33. The van der Waals surface area contributed by atoms with E-state index in [0.29, 0.717) is 23.6 Å². The van der Waals surface area contributed by atoms with Crippen molar-refractivity contribution in [2.24, 2.45) is 0 Å². The van der Waals surface area contributed by atoms with Crippen LogP contribution in [0.5, 0.6) is 5.75 Å². The number of carbonyl (C=O) groups excluding carboxylic acids is 1.